The van der Waals surface area contributed by atoms with Crippen molar-refractivity contribution in [1.29, 1.82) is 0 Å². The summed E-state index contributed by atoms with van der Waals surface area (Å²) in [4.78, 5) is 38.5. The number of carbonyl (C=O) groups excluding carboxylic acids is 2. The smallest absolute Gasteiger partial charge is 0.254 e. The Morgan fingerprint density at radius 1 is 1.12 bits per heavy atom. The average molecular weight is 438 g/mol. The van der Waals surface area contributed by atoms with Gasteiger partial charge in [-0.2, -0.15) is 0 Å². The number of rotatable bonds is 3. The molecule has 4 heterocycles. The highest BCUT2D eigenvalue weighted by molar-refractivity contribution is 5.95. The summed E-state index contributed by atoms with van der Waals surface area (Å²) in [6, 6.07) is 5.20. The molecule has 3 aliphatic heterocycles. The van der Waals surface area contributed by atoms with Crippen LogP contribution < -0.4 is 14.8 Å². The van der Waals surface area contributed by atoms with Crippen molar-refractivity contribution in [2.24, 2.45) is 0 Å². The Balaban J connectivity index is 1.42. The van der Waals surface area contributed by atoms with E-state index < -0.39 is 0 Å². The molecule has 5 rings (SSSR count). The van der Waals surface area contributed by atoms with Crippen LogP contribution in [0.5, 0.6) is 11.5 Å². The molecule has 1 aromatic heterocycles. The maximum absolute atomic E-state index is 13.2. The molecule has 0 aliphatic carbocycles. The van der Waals surface area contributed by atoms with Crippen LogP contribution in [0.25, 0.3) is 0 Å². The summed E-state index contributed by atoms with van der Waals surface area (Å²) in [5, 5.41) is 3.18. The molecule has 1 saturated heterocycles. The number of anilines is 1. The minimum atomic E-state index is -0.117. The van der Waals surface area contributed by atoms with Crippen LogP contribution in [0.2, 0.25) is 0 Å². The van der Waals surface area contributed by atoms with E-state index in [9.17, 15) is 9.59 Å². The van der Waals surface area contributed by atoms with Crippen molar-refractivity contribution in [1.82, 2.24) is 19.8 Å². The van der Waals surface area contributed by atoms with E-state index in [0.717, 1.165) is 36.5 Å². The standard InChI is InChI=1S/C23H27N5O4/c1-14(29)28-8-3-4-18(28)22-25-17-13-27(9-7-16(17)21(24-2)26-22)23(30)15-5-6-19-20(12-15)32-11-10-31-19/h5-6,12,18H,3-4,7-11,13H2,1-2H3,(H,24,25,26). The molecule has 32 heavy (non-hydrogen) atoms. The summed E-state index contributed by atoms with van der Waals surface area (Å²) in [5.41, 5.74) is 2.45. The summed E-state index contributed by atoms with van der Waals surface area (Å²) >= 11 is 0. The maximum atomic E-state index is 13.2. The number of hydrogen-bond donors (Lipinski definition) is 1. The fourth-order valence-electron chi connectivity index (χ4n) is 4.75. The highest BCUT2D eigenvalue weighted by Gasteiger charge is 2.33. The average Bonchev–Trinajstić information content (AvgIpc) is 3.32. The molecular formula is C23H27N5O4. The first-order chi connectivity index (χ1) is 15.5. The van der Waals surface area contributed by atoms with Gasteiger partial charge in [-0.1, -0.05) is 0 Å². The lowest BCUT2D eigenvalue weighted by molar-refractivity contribution is -0.129. The second-order valence-corrected chi connectivity index (χ2v) is 8.31. The van der Waals surface area contributed by atoms with E-state index in [1.165, 1.54) is 0 Å². The SMILES string of the molecule is CNc1nc(C2CCCN2C(C)=O)nc2c1CCN(C(=O)c1ccc3c(c1)OCCO3)C2. The van der Waals surface area contributed by atoms with Gasteiger partial charge in [0.1, 0.15) is 19.0 Å². The zero-order valence-electron chi connectivity index (χ0n) is 18.4. The molecule has 1 atom stereocenters. The largest absolute Gasteiger partial charge is 0.486 e. The van der Waals surface area contributed by atoms with Crippen LogP contribution in [-0.4, -0.2) is 64.9 Å². The summed E-state index contributed by atoms with van der Waals surface area (Å²) in [7, 11) is 1.84. The van der Waals surface area contributed by atoms with Crippen molar-refractivity contribution in [3.05, 3.63) is 40.8 Å². The molecule has 0 saturated carbocycles. The van der Waals surface area contributed by atoms with Crippen LogP contribution in [0.1, 0.15) is 53.2 Å². The molecule has 3 aliphatic rings. The molecule has 0 spiro atoms. The number of ether oxygens (including phenoxy) is 2. The van der Waals surface area contributed by atoms with Gasteiger partial charge in [-0.15, -0.1) is 0 Å². The molecular weight excluding hydrogens is 410 g/mol. The molecule has 0 bridgehead atoms. The van der Waals surface area contributed by atoms with E-state index in [1.54, 1.807) is 30.0 Å². The van der Waals surface area contributed by atoms with Crippen molar-refractivity contribution < 1.29 is 19.1 Å². The molecule has 2 amide bonds. The minimum absolute atomic E-state index is 0.0373. The Morgan fingerprint density at radius 3 is 2.72 bits per heavy atom. The van der Waals surface area contributed by atoms with Gasteiger partial charge in [0, 0.05) is 38.2 Å². The third-order valence-corrected chi connectivity index (χ3v) is 6.35. The van der Waals surface area contributed by atoms with Crippen LogP contribution in [-0.2, 0) is 17.8 Å². The fourth-order valence-corrected chi connectivity index (χ4v) is 4.75. The van der Waals surface area contributed by atoms with Crippen LogP contribution in [0, 0.1) is 0 Å². The number of nitrogens with zero attached hydrogens (tertiary/aromatic N) is 4. The number of fused-ring (bicyclic) bond motifs is 2. The first kappa shape index (κ1) is 20.5. The Labute approximate surface area is 186 Å². The van der Waals surface area contributed by atoms with Crippen LogP contribution in [0.15, 0.2) is 18.2 Å². The number of amides is 2. The topological polar surface area (TPSA) is 96.9 Å². The Kier molecular flexibility index (Phi) is 5.32. The van der Waals surface area contributed by atoms with Gasteiger partial charge in [-0.25, -0.2) is 9.97 Å². The number of carbonyl (C=O) groups is 2. The number of benzene rings is 1. The predicted molar refractivity (Wildman–Crippen MR) is 117 cm³/mol. The molecule has 1 fully saturated rings. The quantitative estimate of drug-likeness (QED) is 0.786. The third kappa shape index (κ3) is 3.61. The number of likely N-dealkylation sites (tertiary alicyclic amines) is 1. The van der Waals surface area contributed by atoms with Gasteiger partial charge in [-0.05, 0) is 37.5 Å². The molecule has 9 nitrogen and oxygen atoms in total. The Hall–Kier alpha value is -3.36. The van der Waals surface area contributed by atoms with Crippen molar-refractivity contribution in [3.63, 3.8) is 0 Å². The molecule has 1 N–H and O–H groups in total. The number of nitrogens with one attached hydrogen (secondary N) is 1. The fraction of sp³-hybridized carbons (Fsp3) is 0.478. The van der Waals surface area contributed by atoms with E-state index in [-0.39, 0.29) is 17.9 Å². The van der Waals surface area contributed by atoms with E-state index in [0.29, 0.717) is 55.6 Å². The van der Waals surface area contributed by atoms with Crippen molar-refractivity contribution in [2.75, 3.05) is 38.7 Å². The van der Waals surface area contributed by atoms with E-state index in [4.69, 9.17) is 19.4 Å². The second-order valence-electron chi connectivity index (χ2n) is 8.31. The Bertz CT molecular complexity index is 1070. The summed E-state index contributed by atoms with van der Waals surface area (Å²) in [6.45, 7) is 4.29. The maximum Gasteiger partial charge on any atom is 0.254 e. The van der Waals surface area contributed by atoms with Crippen molar-refractivity contribution >= 4 is 17.6 Å². The normalized spacial score (nSPS) is 19.5. The van der Waals surface area contributed by atoms with Gasteiger partial charge in [0.05, 0.1) is 18.3 Å². The van der Waals surface area contributed by atoms with E-state index >= 15 is 0 Å². The molecule has 2 aromatic rings. The summed E-state index contributed by atoms with van der Waals surface area (Å²) in [5.74, 6) is 2.67. The van der Waals surface area contributed by atoms with Gasteiger partial charge in [0.2, 0.25) is 5.91 Å². The summed E-state index contributed by atoms with van der Waals surface area (Å²) < 4.78 is 11.2. The lowest BCUT2D eigenvalue weighted by Crippen LogP contribution is -2.37. The Morgan fingerprint density at radius 2 is 1.94 bits per heavy atom. The van der Waals surface area contributed by atoms with E-state index in [2.05, 4.69) is 5.32 Å². The minimum Gasteiger partial charge on any atom is -0.486 e. The number of hydrogen-bond acceptors (Lipinski definition) is 7. The van der Waals surface area contributed by atoms with Crippen molar-refractivity contribution in [3.8, 4) is 11.5 Å². The van der Waals surface area contributed by atoms with Crippen molar-refractivity contribution in [2.45, 2.75) is 38.8 Å². The lowest BCUT2D eigenvalue weighted by atomic mass is 10.0. The van der Waals surface area contributed by atoms with Gasteiger partial charge >= 0.3 is 0 Å². The van der Waals surface area contributed by atoms with Gasteiger partial charge < -0.3 is 24.6 Å². The van der Waals surface area contributed by atoms with Gasteiger partial charge in [0.25, 0.3) is 5.91 Å². The molecule has 1 unspecified atom stereocenters. The van der Waals surface area contributed by atoms with Gasteiger partial charge in [0.15, 0.2) is 17.3 Å². The number of aromatic nitrogens is 2. The third-order valence-electron chi connectivity index (χ3n) is 6.35. The first-order valence-corrected chi connectivity index (χ1v) is 11.1. The van der Waals surface area contributed by atoms with Crippen LogP contribution in [0.3, 0.4) is 0 Å². The zero-order chi connectivity index (χ0) is 22.2. The lowest BCUT2D eigenvalue weighted by Gasteiger charge is -2.31. The monoisotopic (exact) mass is 437 g/mol. The van der Waals surface area contributed by atoms with Crippen LogP contribution in [0.4, 0.5) is 5.82 Å². The highest BCUT2D eigenvalue weighted by atomic mass is 16.6. The highest BCUT2D eigenvalue weighted by Crippen LogP contribution is 2.34. The first-order valence-electron chi connectivity index (χ1n) is 11.1. The second kappa shape index (κ2) is 8.29. The summed E-state index contributed by atoms with van der Waals surface area (Å²) in [6.07, 6.45) is 2.46. The molecule has 9 heteroatoms. The molecule has 1 aromatic carbocycles. The van der Waals surface area contributed by atoms with Crippen LogP contribution >= 0.6 is 0 Å². The predicted octanol–water partition coefficient (Wildman–Crippen LogP) is 2.17. The van der Waals surface area contributed by atoms with E-state index in [1.807, 2.05) is 11.9 Å². The zero-order valence-corrected chi connectivity index (χ0v) is 18.4. The molecule has 168 valence electrons. The van der Waals surface area contributed by atoms with Gasteiger partial charge in [-0.3, -0.25) is 9.59 Å². The molecule has 0 radical (unpaired) electrons.